The fourth-order valence-corrected chi connectivity index (χ4v) is 6.24. The molecule has 4 aromatic rings. The van der Waals surface area contributed by atoms with E-state index >= 15 is 0 Å². The first kappa shape index (κ1) is 26.3. The van der Waals surface area contributed by atoms with Crippen molar-refractivity contribution >= 4 is 23.5 Å². The molecule has 1 aliphatic carbocycles. The number of carbonyl (C=O) groups is 1. The Morgan fingerprint density at radius 2 is 1.82 bits per heavy atom. The zero-order valence-corrected chi connectivity index (χ0v) is 23.6. The summed E-state index contributed by atoms with van der Waals surface area (Å²) in [6.45, 7) is 6.75. The Morgan fingerprint density at radius 1 is 1.05 bits per heavy atom. The fourth-order valence-electron chi connectivity index (χ4n) is 5.42. The number of hydrogen-bond acceptors (Lipinski definition) is 6. The monoisotopic (exact) mass is 554 g/mol. The van der Waals surface area contributed by atoms with Crippen LogP contribution in [0.25, 0.3) is 0 Å². The Labute approximate surface area is 237 Å². The number of rotatable bonds is 7. The third-order valence-electron chi connectivity index (χ3n) is 7.46. The van der Waals surface area contributed by atoms with Crippen LogP contribution in [0.15, 0.2) is 89.2 Å². The molecule has 8 heteroatoms. The van der Waals surface area contributed by atoms with Gasteiger partial charge in [-0.3, -0.25) is 4.79 Å². The Kier molecular flexibility index (Phi) is 6.96. The van der Waals surface area contributed by atoms with Crippen molar-refractivity contribution < 1.29 is 13.9 Å². The molecule has 6 rings (SSSR count). The van der Waals surface area contributed by atoms with Gasteiger partial charge in [-0.2, -0.15) is 4.98 Å². The maximum absolute atomic E-state index is 14.2. The molecule has 0 radical (unpaired) electrons. The quantitative estimate of drug-likeness (QED) is 0.243. The number of halogens is 1. The van der Waals surface area contributed by atoms with Crippen LogP contribution in [0.1, 0.15) is 55.0 Å². The molecular formula is C32H31FN4O2S. The zero-order chi connectivity index (χ0) is 27.9. The minimum absolute atomic E-state index is 0.108. The molecule has 0 saturated heterocycles. The van der Waals surface area contributed by atoms with E-state index in [0.717, 1.165) is 34.6 Å². The van der Waals surface area contributed by atoms with Crippen LogP contribution in [0.4, 0.5) is 10.3 Å². The average molecular weight is 555 g/mol. The number of ketones is 1. The summed E-state index contributed by atoms with van der Waals surface area (Å²) in [5.74, 6) is 1.57. The van der Waals surface area contributed by atoms with Gasteiger partial charge in [0.2, 0.25) is 11.1 Å². The normalized spacial score (nSPS) is 17.7. The Balaban J connectivity index is 1.34. The van der Waals surface area contributed by atoms with Gasteiger partial charge in [0.25, 0.3) is 0 Å². The second kappa shape index (κ2) is 10.6. The lowest BCUT2D eigenvalue weighted by molar-refractivity contribution is -0.118. The van der Waals surface area contributed by atoms with Gasteiger partial charge in [-0.15, -0.1) is 5.10 Å². The number of nitrogens with zero attached hydrogens (tertiary/aromatic N) is 3. The van der Waals surface area contributed by atoms with Gasteiger partial charge < -0.3 is 10.1 Å². The van der Waals surface area contributed by atoms with E-state index in [0.29, 0.717) is 35.4 Å². The number of benzene rings is 3. The number of thioether (sulfide) groups is 1. The molecule has 1 N–H and O–H groups in total. The van der Waals surface area contributed by atoms with Crippen molar-refractivity contribution in [2.24, 2.45) is 5.41 Å². The Morgan fingerprint density at radius 3 is 2.62 bits per heavy atom. The van der Waals surface area contributed by atoms with Gasteiger partial charge in [-0.25, -0.2) is 9.07 Å². The standard InChI is InChI=1S/C32H31FN4O2S/c1-20-9-4-5-10-22(20)18-39-24-13-8-12-21(15-24)29-28-26(16-32(2,3)17-27(28)38)34-30-35-31(36-37(29)30)40-19-23-11-6-7-14-25(23)33/h4-15,29H,16-19H2,1-3H3,(H,34,35,36). The third kappa shape index (κ3) is 5.28. The average Bonchev–Trinajstić information content (AvgIpc) is 3.33. The SMILES string of the molecule is Cc1ccccc1COc1cccc(C2C3=C(CC(C)(C)CC3=O)Nc3nc(SCc4ccccc4F)nn32)c1. The number of allylic oxidation sites excluding steroid dienone is 2. The van der Waals surface area contributed by atoms with E-state index in [1.54, 1.807) is 16.8 Å². The van der Waals surface area contributed by atoms with Gasteiger partial charge in [0.15, 0.2) is 5.78 Å². The first-order chi connectivity index (χ1) is 19.3. The molecule has 2 heterocycles. The van der Waals surface area contributed by atoms with Crippen LogP contribution < -0.4 is 10.1 Å². The molecule has 0 bridgehead atoms. The summed E-state index contributed by atoms with van der Waals surface area (Å²) >= 11 is 1.37. The molecule has 0 saturated carbocycles. The molecule has 204 valence electrons. The molecule has 1 aliphatic heterocycles. The number of nitrogens with one attached hydrogen (secondary N) is 1. The van der Waals surface area contributed by atoms with Gasteiger partial charge in [-0.1, -0.05) is 80.2 Å². The lowest BCUT2D eigenvalue weighted by Gasteiger charge is -2.38. The number of anilines is 1. The van der Waals surface area contributed by atoms with Gasteiger partial charge in [0.05, 0.1) is 0 Å². The molecule has 6 nitrogen and oxygen atoms in total. The minimum Gasteiger partial charge on any atom is -0.489 e. The van der Waals surface area contributed by atoms with E-state index in [9.17, 15) is 9.18 Å². The van der Waals surface area contributed by atoms with E-state index in [2.05, 4.69) is 38.2 Å². The smallest absolute Gasteiger partial charge is 0.227 e. The van der Waals surface area contributed by atoms with Crippen molar-refractivity contribution in [1.29, 1.82) is 0 Å². The summed E-state index contributed by atoms with van der Waals surface area (Å²) in [6, 6.07) is 22.3. The van der Waals surface area contributed by atoms with Gasteiger partial charge in [0, 0.05) is 23.4 Å². The molecule has 2 aliphatic rings. The largest absolute Gasteiger partial charge is 0.489 e. The van der Waals surface area contributed by atoms with Crippen molar-refractivity contribution in [3.8, 4) is 5.75 Å². The second-order valence-corrected chi connectivity index (χ2v) is 12.1. The lowest BCUT2D eigenvalue weighted by Crippen LogP contribution is -2.36. The predicted octanol–water partition coefficient (Wildman–Crippen LogP) is 7.26. The maximum atomic E-state index is 14.2. The molecule has 3 aromatic carbocycles. The lowest BCUT2D eigenvalue weighted by atomic mass is 9.73. The number of hydrogen-bond donors (Lipinski definition) is 1. The van der Waals surface area contributed by atoms with Gasteiger partial charge in [0.1, 0.15) is 24.2 Å². The summed E-state index contributed by atoms with van der Waals surface area (Å²) < 4.78 is 22.2. The van der Waals surface area contributed by atoms with E-state index in [1.807, 2.05) is 42.5 Å². The molecule has 1 unspecified atom stereocenters. The molecule has 1 atom stereocenters. The Hall–Kier alpha value is -3.91. The Bertz CT molecular complexity index is 1630. The molecule has 0 amide bonds. The van der Waals surface area contributed by atoms with Crippen molar-refractivity contribution in [3.05, 3.63) is 112 Å². The number of aromatic nitrogens is 3. The molecule has 0 spiro atoms. The molecule has 40 heavy (non-hydrogen) atoms. The topological polar surface area (TPSA) is 69.0 Å². The highest BCUT2D eigenvalue weighted by atomic mass is 32.2. The molecule has 0 fully saturated rings. The van der Waals surface area contributed by atoms with E-state index < -0.39 is 6.04 Å². The predicted molar refractivity (Wildman–Crippen MR) is 155 cm³/mol. The number of ether oxygens (including phenoxy) is 1. The number of fused-ring (bicyclic) bond motifs is 1. The summed E-state index contributed by atoms with van der Waals surface area (Å²) in [6.07, 6.45) is 1.20. The second-order valence-electron chi connectivity index (χ2n) is 11.2. The zero-order valence-electron chi connectivity index (χ0n) is 22.8. The van der Waals surface area contributed by atoms with Gasteiger partial charge in [-0.05, 0) is 59.2 Å². The van der Waals surface area contributed by atoms with Crippen molar-refractivity contribution in [3.63, 3.8) is 0 Å². The van der Waals surface area contributed by atoms with Gasteiger partial charge >= 0.3 is 0 Å². The number of aryl methyl sites for hydroxylation is 1. The van der Waals surface area contributed by atoms with Crippen LogP contribution in [0.2, 0.25) is 0 Å². The highest BCUT2D eigenvalue weighted by molar-refractivity contribution is 7.98. The van der Waals surface area contributed by atoms with Crippen molar-refractivity contribution in [2.75, 3.05) is 5.32 Å². The summed E-state index contributed by atoms with van der Waals surface area (Å²) in [7, 11) is 0. The number of Topliss-reactive ketones (excluding diaryl/α,β-unsaturated/α-hetero) is 1. The molecular weight excluding hydrogens is 523 g/mol. The summed E-state index contributed by atoms with van der Waals surface area (Å²) in [5.41, 5.74) is 5.26. The fraction of sp³-hybridized carbons (Fsp3) is 0.281. The number of carbonyl (C=O) groups excluding carboxylic acids is 1. The van der Waals surface area contributed by atoms with Crippen LogP contribution in [0.5, 0.6) is 5.75 Å². The van der Waals surface area contributed by atoms with E-state index in [4.69, 9.17) is 14.8 Å². The van der Waals surface area contributed by atoms with Crippen molar-refractivity contribution in [2.45, 2.75) is 57.2 Å². The minimum atomic E-state index is -0.438. The first-order valence-electron chi connectivity index (χ1n) is 13.4. The van der Waals surface area contributed by atoms with Crippen LogP contribution >= 0.6 is 11.8 Å². The van der Waals surface area contributed by atoms with Crippen LogP contribution in [-0.2, 0) is 17.2 Å². The first-order valence-corrected chi connectivity index (χ1v) is 14.4. The maximum Gasteiger partial charge on any atom is 0.227 e. The highest BCUT2D eigenvalue weighted by Gasteiger charge is 2.42. The van der Waals surface area contributed by atoms with Crippen LogP contribution in [0.3, 0.4) is 0 Å². The molecule has 1 aromatic heterocycles. The third-order valence-corrected chi connectivity index (χ3v) is 8.34. The van der Waals surface area contributed by atoms with Crippen molar-refractivity contribution in [1.82, 2.24) is 14.8 Å². The summed E-state index contributed by atoms with van der Waals surface area (Å²) in [5, 5.41) is 8.74. The van der Waals surface area contributed by atoms with E-state index in [-0.39, 0.29) is 17.0 Å². The summed E-state index contributed by atoms with van der Waals surface area (Å²) in [4.78, 5) is 18.3. The van der Waals surface area contributed by atoms with E-state index in [1.165, 1.54) is 23.4 Å². The highest BCUT2D eigenvalue weighted by Crippen LogP contribution is 2.46. The van der Waals surface area contributed by atoms with Crippen LogP contribution in [0, 0.1) is 18.2 Å². The van der Waals surface area contributed by atoms with Crippen LogP contribution in [-0.4, -0.2) is 20.5 Å².